The Morgan fingerprint density at radius 3 is 2.79 bits per heavy atom. The van der Waals surface area contributed by atoms with Crippen molar-refractivity contribution in [1.29, 1.82) is 0 Å². The summed E-state index contributed by atoms with van der Waals surface area (Å²) in [5, 5.41) is 3.50. The van der Waals surface area contributed by atoms with Gasteiger partial charge in [-0.25, -0.2) is 0 Å². The van der Waals surface area contributed by atoms with Crippen LogP contribution < -0.4 is 5.32 Å². The Hall–Kier alpha value is -0.0800. The van der Waals surface area contributed by atoms with Crippen molar-refractivity contribution in [2.45, 2.75) is 45.6 Å². The third-order valence-electron chi connectivity index (χ3n) is 4.09. The monoisotopic (exact) mass is 196 g/mol. The zero-order valence-corrected chi connectivity index (χ0v) is 9.68. The van der Waals surface area contributed by atoms with Gasteiger partial charge in [0.05, 0.1) is 0 Å². The number of rotatable bonds is 3. The zero-order chi connectivity index (χ0) is 10.0. The molecule has 1 aliphatic carbocycles. The molecule has 1 atom stereocenters. The normalized spacial score (nSPS) is 32.6. The Kier molecular flexibility index (Phi) is 3.13. The van der Waals surface area contributed by atoms with Crippen LogP contribution in [-0.4, -0.2) is 37.1 Å². The summed E-state index contributed by atoms with van der Waals surface area (Å²) in [6.07, 6.45) is 5.66. The highest BCUT2D eigenvalue weighted by Gasteiger charge is 2.35. The van der Waals surface area contributed by atoms with Gasteiger partial charge in [-0.15, -0.1) is 0 Å². The lowest BCUT2D eigenvalue weighted by Crippen LogP contribution is -2.54. The van der Waals surface area contributed by atoms with Crippen LogP contribution in [0.2, 0.25) is 0 Å². The van der Waals surface area contributed by atoms with E-state index in [0.717, 1.165) is 6.04 Å². The van der Waals surface area contributed by atoms with E-state index in [9.17, 15) is 0 Å². The predicted molar refractivity (Wildman–Crippen MR) is 60.5 cm³/mol. The molecule has 2 fully saturated rings. The molecular formula is C12H24N2. The van der Waals surface area contributed by atoms with Crippen molar-refractivity contribution in [2.24, 2.45) is 5.41 Å². The molecule has 0 aromatic rings. The smallest absolute Gasteiger partial charge is 0.0218 e. The van der Waals surface area contributed by atoms with Crippen LogP contribution in [-0.2, 0) is 0 Å². The maximum absolute atomic E-state index is 3.50. The van der Waals surface area contributed by atoms with Crippen LogP contribution >= 0.6 is 0 Å². The minimum Gasteiger partial charge on any atom is -0.314 e. The van der Waals surface area contributed by atoms with E-state index in [1.807, 2.05) is 0 Å². The largest absolute Gasteiger partial charge is 0.314 e. The van der Waals surface area contributed by atoms with E-state index in [0.29, 0.717) is 5.41 Å². The molecule has 0 bridgehead atoms. The lowest BCUT2D eigenvalue weighted by molar-refractivity contribution is 0.0470. The van der Waals surface area contributed by atoms with Crippen molar-refractivity contribution in [3.05, 3.63) is 0 Å². The second-order valence-electron chi connectivity index (χ2n) is 5.40. The van der Waals surface area contributed by atoms with Gasteiger partial charge in [-0.05, 0) is 24.7 Å². The third-order valence-corrected chi connectivity index (χ3v) is 4.09. The summed E-state index contributed by atoms with van der Waals surface area (Å²) < 4.78 is 0. The summed E-state index contributed by atoms with van der Waals surface area (Å²) in [6, 6.07) is 0.793. The first-order valence-corrected chi connectivity index (χ1v) is 6.18. The van der Waals surface area contributed by atoms with Gasteiger partial charge in [0, 0.05) is 32.2 Å². The lowest BCUT2D eigenvalue weighted by atomic mass is 9.70. The number of nitrogens with zero attached hydrogens (tertiary/aromatic N) is 1. The number of piperazine rings is 1. The molecule has 1 N–H and O–H groups in total. The second kappa shape index (κ2) is 4.19. The van der Waals surface area contributed by atoms with Crippen molar-refractivity contribution < 1.29 is 0 Å². The third kappa shape index (κ3) is 2.12. The Balaban J connectivity index is 1.87. The molecule has 2 heteroatoms. The van der Waals surface area contributed by atoms with Crippen LogP contribution in [0.4, 0.5) is 0 Å². The number of hydrogen-bond donors (Lipinski definition) is 1. The van der Waals surface area contributed by atoms with Crippen LogP contribution in [0.3, 0.4) is 0 Å². The van der Waals surface area contributed by atoms with Crippen LogP contribution in [0.1, 0.15) is 39.5 Å². The molecule has 1 heterocycles. The van der Waals surface area contributed by atoms with Crippen molar-refractivity contribution >= 4 is 0 Å². The Morgan fingerprint density at radius 1 is 1.43 bits per heavy atom. The van der Waals surface area contributed by atoms with Gasteiger partial charge >= 0.3 is 0 Å². The Morgan fingerprint density at radius 2 is 2.21 bits per heavy atom. The fraction of sp³-hybridized carbons (Fsp3) is 1.00. The SMILES string of the molecule is CCC1CNCCN1CC1(C)CCC1. The quantitative estimate of drug-likeness (QED) is 0.741. The minimum absolute atomic E-state index is 0.658. The van der Waals surface area contributed by atoms with Crippen LogP contribution in [0, 0.1) is 5.41 Å². The summed E-state index contributed by atoms with van der Waals surface area (Å²) >= 11 is 0. The molecule has 82 valence electrons. The topological polar surface area (TPSA) is 15.3 Å². The number of nitrogens with one attached hydrogen (secondary N) is 1. The van der Waals surface area contributed by atoms with E-state index in [2.05, 4.69) is 24.1 Å². The maximum Gasteiger partial charge on any atom is 0.0218 e. The first-order valence-electron chi connectivity index (χ1n) is 6.18. The second-order valence-corrected chi connectivity index (χ2v) is 5.40. The summed E-state index contributed by atoms with van der Waals surface area (Å²) in [7, 11) is 0. The highest BCUT2D eigenvalue weighted by molar-refractivity contribution is 4.90. The lowest BCUT2D eigenvalue weighted by Gasteiger charge is -2.46. The van der Waals surface area contributed by atoms with E-state index in [4.69, 9.17) is 0 Å². The molecule has 2 nitrogen and oxygen atoms in total. The predicted octanol–water partition coefficient (Wildman–Crippen LogP) is 1.86. The summed E-state index contributed by atoms with van der Waals surface area (Å²) in [5.74, 6) is 0. The van der Waals surface area contributed by atoms with Crippen LogP contribution in [0.15, 0.2) is 0 Å². The molecule has 0 radical (unpaired) electrons. The maximum atomic E-state index is 3.50. The molecule has 0 aromatic heterocycles. The average Bonchev–Trinajstić information content (AvgIpc) is 2.16. The van der Waals surface area contributed by atoms with Gasteiger partial charge in [0.15, 0.2) is 0 Å². The van der Waals surface area contributed by atoms with E-state index in [1.165, 1.54) is 51.9 Å². The van der Waals surface area contributed by atoms with Crippen LogP contribution in [0.25, 0.3) is 0 Å². The van der Waals surface area contributed by atoms with Crippen molar-refractivity contribution in [2.75, 3.05) is 26.2 Å². The molecule has 0 spiro atoms. The zero-order valence-electron chi connectivity index (χ0n) is 9.68. The van der Waals surface area contributed by atoms with E-state index in [-0.39, 0.29) is 0 Å². The van der Waals surface area contributed by atoms with Gasteiger partial charge < -0.3 is 5.32 Å². The van der Waals surface area contributed by atoms with Crippen molar-refractivity contribution in [3.8, 4) is 0 Å². The molecule has 0 amide bonds. The van der Waals surface area contributed by atoms with Crippen LogP contribution in [0.5, 0.6) is 0 Å². The van der Waals surface area contributed by atoms with Gasteiger partial charge in [-0.2, -0.15) is 0 Å². The molecule has 1 unspecified atom stereocenters. The molecular weight excluding hydrogens is 172 g/mol. The molecule has 1 saturated carbocycles. The standard InChI is InChI=1S/C12H24N2/c1-3-11-9-13-7-8-14(11)10-12(2)5-4-6-12/h11,13H,3-10H2,1-2H3. The van der Waals surface area contributed by atoms with Gasteiger partial charge in [0.1, 0.15) is 0 Å². The van der Waals surface area contributed by atoms with Gasteiger partial charge in [0.2, 0.25) is 0 Å². The summed E-state index contributed by atoms with van der Waals surface area (Å²) in [6.45, 7) is 9.76. The van der Waals surface area contributed by atoms with E-state index in [1.54, 1.807) is 0 Å². The highest BCUT2D eigenvalue weighted by Crippen LogP contribution is 2.41. The Bertz CT molecular complexity index is 187. The average molecular weight is 196 g/mol. The number of hydrogen-bond acceptors (Lipinski definition) is 2. The molecule has 2 rings (SSSR count). The van der Waals surface area contributed by atoms with E-state index < -0.39 is 0 Å². The fourth-order valence-electron chi connectivity index (χ4n) is 2.84. The molecule has 2 aliphatic rings. The van der Waals surface area contributed by atoms with Gasteiger partial charge in [-0.3, -0.25) is 4.90 Å². The van der Waals surface area contributed by atoms with E-state index >= 15 is 0 Å². The molecule has 0 aromatic carbocycles. The van der Waals surface area contributed by atoms with Gasteiger partial charge in [-0.1, -0.05) is 20.3 Å². The Labute approximate surface area is 88.1 Å². The highest BCUT2D eigenvalue weighted by atomic mass is 15.2. The summed E-state index contributed by atoms with van der Waals surface area (Å²) in [5.41, 5.74) is 0.658. The fourth-order valence-corrected chi connectivity index (χ4v) is 2.84. The first kappa shape index (κ1) is 10.4. The molecule has 1 saturated heterocycles. The minimum atomic E-state index is 0.658. The first-order chi connectivity index (χ1) is 6.73. The van der Waals surface area contributed by atoms with Gasteiger partial charge in [0.25, 0.3) is 0 Å². The molecule has 14 heavy (non-hydrogen) atoms. The molecule has 1 aliphatic heterocycles. The van der Waals surface area contributed by atoms with Crippen molar-refractivity contribution in [3.63, 3.8) is 0 Å². The summed E-state index contributed by atoms with van der Waals surface area (Å²) in [4.78, 5) is 2.72. The van der Waals surface area contributed by atoms with Crippen molar-refractivity contribution in [1.82, 2.24) is 10.2 Å².